The lowest BCUT2D eigenvalue weighted by Gasteiger charge is -2.37. The van der Waals surface area contributed by atoms with Gasteiger partial charge in [-0.05, 0) is 60.2 Å². The highest BCUT2D eigenvalue weighted by atomic mass is 16.6. The van der Waals surface area contributed by atoms with Crippen molar-refractivity contribution in [2.24, 2.45) is 5.92 Å². The van der Waals surface area contributed by atoms with Crippen molar-refractivity contribution in [1.29, 1.82) is 0 Å². The highest BCUT2D eigenvalue weighted by molar-refractivity contribution is 5.96. The Kier molecular flexibility index (Phi) is 6.72. The summed E-state index contributed by atoms with van der Waals surface area (Å²) in [5.74, 6) is -0.767. The fraction of sp³-hybridized carbons (Fsp3) is 0.241. The molecule has 0 spiro atoms. The minimum Gasteiger partial charge on any atom is -0.462 e. The number of carbonyl (C=O) groups is 2. The van der Waals surface area contributed by atoms with Crippen molar-refractivity contribution in [3.63, 3.8) is 0 Å². The van der Waals surface area contributed by atoms with Crippen molar-refractivity contribution in [3.05, 3.63) is 111 Å². The summed E-state index contributed by atoms with van der Waals surface area (Å²) in [4.78, 5) is 36.4. The van der Waals surface area contributed by atoms with Crippen molar-refractivity contribution >= 4 is 23.3 Å². The van der Waals surface area contributed by atoms with Crippen molar-refractivity contribution in [2.45, 2.75) is 31.7 Å². The van der Waals surface area contributed by atoms with E-state index in [0.29, 0.717) is 12.0 Å². The zero-order valence-corrected chi connectivity index (χ0v) is 20.3. The van der Waals surface area contributed by atoms with E-state index in [9.17, 15) is 19.7 Å². The van der Waals surface area contributed by atoms with Crippen LogP contribution in [0.2, 0.25) is 0 Å². The molecule has 1 N–H and O–H groups in total. The van der Waals surface area contributed by atoms with Gasteiger partial charge in [0.1, 0.15) is 11.3 Å². The van der Waals surface area contributed by atoms with Crippen LogP contribution in [0.25, 0.3) is 0 Å². The molecule has 0 saturated heterocycles. The summed E-state index contributed by atoms with van der Waals surface area (Å²) in [6.07, 6.45) is 5.74. The lowest BCUT2D eigenvalue weighted by atomic mass is 9.76. The molecule has 3 atom stereocenters. The number of nitro groups is 1. The number of nitrogens with one attached hydrogen (secondary N) is 1. The third kappa shape index (κ3) is 4.82. The molecular weight excluding hydrogens is 472 g/mol. The molecule has 188 valence electrons. The molecule has 0 fully saturated rings. The molecule has 3 aromatic carbocycles. The van der Waals surface area contributed by atoms with E-state index < -0.39 is 11.9 Å². The number of fused-ring (bicyclic) bond motifs is 3. The first-order chi connectivity index (χ1) is 18.0. The van der Waals surface area contributed by atoms with Crippen LogP contribution in [-0.4, -0.2) is 23.5 Å². The Morgan fingerprint density at radius 3 is 2.70 bits per heavy atom. The van der Waals surface area contributed by atoms with Gasteiger partial charge < -0.3 is 14.8 Å². The van der Waals surface area contributed by atoms with Gasteiger partial charge in [0.25, 0.3) is 5.69 Å². The van der Waals surface area contributed by atoms with Crippen LogP contribution in [0.15, 0.2) is 78.9 Å². The van der Waals surface area contributed by atoms with Gasteiger partial charge in [-0.15, -0.1) is 0 Å². The summed E-state index contributed by atoms with van der Waals surface area (Å²) in [6, 6.07) is 18.5. The van der Waals surface area contributed by atoms with Gasteiger partial charge in [0, 0.05) is 23.7 Å². The second-order valence-electron chi connectivity index (χ2n) is 9.15. The number of benzene rings is 3. The molecule has 1 aliphatic carbocycles. The highest BCUT2D eigenvalue weighted by Crippen LogP contribution is 2.50. The van der Waals surface area contributed by atoms with Gasteiger partial charge >= 0.3 is 11.9 Å². The van der Waals surface area contributed by atoms with E-state index in [0.717, 1.165) is 23.2 Å². The number of esters is 2. The molecule has 0 aromatic heterocycles. The highest BCUT2D eigenvalue weighted by Gasteiger charge is 2.38. The Labute approximate surface area is 214 Å². The average Bonchev–Trinajstić information content (AvgIpc) is 3.42. The molecule has 0 amide bonds. The van der Waals surface area contributed by atoms with Crippen molar-refractivity contribution in [1.82, 2.24) is 0 Å². The lowest BCUT2D eigenvalue weighted by molar-refractivity contribution is -0.384. The molecule has 5 rings (SSSR count). The zero-order chi connectivity index (χ0) is 25.9. The van der Waals surface area contributed by atoms with Gasteiger partial charge in [0.15, 0.2) is 0 Å². The van der Waals surface area contributed by atoms with Crippen LogP contribution in [0.1, 0.15) is 63.6 Å². The minimum atomic E-state index is -0.571. The predicted molar refractivity (Wildman–Crippen MR) is 138 cm³/mol. The number of hydrogen-bond donors (Lipinski definition) is 1. The van der Waals surface area contributed by atoms with Crippen LogP contribution in [0.5, 0.6) is 5.75 Å². The van der Waals surface area contributed by atoms with E-state index in [1.165, 1.54) is 6.07 Å². The maximum atomic E-state index is 13.1. The number of rotatable bonds is 7. The van der Waals surface area contributed by atoms with Crippen LogP contribution in [0.4, 0.5) is 11.4 Å². The van der Waals surface area contributed by atoms with Gasteiger partial charge in [0.05, 0.1) is 23.1 Å². The van der Waals surface area contributed by atoms with Crippen LogP contribution in [-0.2, 0) is 4.74 Å². The Morgan fingerprint density at radius 1 is 1.05 bits per heavy atom. The lowest BCUT2D eigenvalue weighted by Crippen LogP contribution is -2.29. The maximum absolute atomic E-state index is 13.1. The van der Waals surface area contributed by atoms with Crippen molar-refractivity contribution < 1.29 is 24.0 Å². The minimum absolute atomic E-state index is 0.0459. The molecule has 0 unspecified atom stereocenters. The van der Waals surface area contributed by atoms with Crippen molar-refractivity contribution in [3.8, 4) is 5.75 Å². The molecule has 0 bridgehead atoms. The third-order valence-corrected chi connectivity index (χ3v) is 6.79. The van der Waals surface area contributed by atoms with E-state index in [4.69, 9.17) is 9.47 Å². The smallest absolute Gasteiger partial charge is 0.343 e. The number of anilines is 1. The van der Waals surface area contributed by atoms with Crippen molar-refractivity contribution in [2.75, 3.05) is 11.9 Å². The standard InChI is InChI=1S/C29H26N2O6/c1-2-15-36-29(33)23-9-3-4-12-26(23)37-28(32)19-13-14-25-24(17-19)21-10-6-11-22(21)27(30-25)18-7-5-8-20(16-18)31(34)35/h3-10,12-14,16-17,21-22,27,30H,2,11,15H2,1H3/t21-,22-,27-/m0/s1. The summed E-state index contributed by atoms with van der Waals surface area (Å²) in [7, 11) is 0. The SMILES string of the molecule is CCCOC(=O)c1ccccc1OC(=O)c1ccc2c(c1)[C@H]1C=CC[C@@H]1[C@H](c1cccc([N+](=O)[O-])c1)N2. The van der Waals surface area contributed by atoms with Crippen LogP contribution >= 0.6 is 0 Å². The summed E-state index contributed by atoms with van der Waals surface area (Å²) < 4.78 is 10.8. The second-order valence-corrected chi connectivity index (χ2v) is 9.15. The first-order valence-electron chi connectivity index (χ1n) is 12.3. The van der Waals surface area contributed by atoms with E-state index in [1.54, 1.807) is 42.5 Å². The van der Waals surface area contributed by atoms with E-state index in [2.05, 4.69) is 17.5 Å². The Bertz CT molecular complexity index is 1400. The molecule has 2 aliphatic rings. The quantitative estimate of drug-likeness (QED) is 0.136. The third-order valence-electron chi connectivity index (χ3n) is 6.79. The molecule has 8 nitrogen and oxygen atoms in total. The first-order valence-corrected chi connectivity index (χ1v) is 12.3. The topological polar surface area (TPSA) is 108 Å². The molecule has 3 aromatic rings. The number of nitro benzene ring substituents is 1. The van der Waals surface area contributed by atoms with Crippen LogP contribution < -0.4 is 10.1 Å². The van der Waals surface area contributed by atoms with E-state index >= 15 is 0 Å². The number of ether oxygens (including phenoxy) is 2. The molecule has 37 heavy (non-hydrogen) atoms. The fourth-order valence-corrected chi connectivity index (χ4v) is 5.04. The Hall–Kier alpha value is -4.46. The molecule has 8 heteroatoms. The number of hydrogen-bond acceptors (Lipinski definition) is 7. The number of para-hydroxylation sites is 1. The predicted octanol–water partition coefficient (Wildman–Crippen LogP) is 6.21. The molecule has 1 aliphatic heterocycles. The van der Waals surface area contributed by atoms with Crippen LogP contribution in [0.3, 0.4) is 0 Å². The number of allylic oxidation sites excluding steroid dienone is 2. The Morgan fingerprint density at radius 2 is 1.89 bits per heavy atom. The largest absolute Gasteiger partial charge is 0.462 e. The fourth-order valence-electron chi connectivity index (χ4n) is 5.04. The molecule has 1 heterocycles. The van der Waals surface area contributed by atoms with E-state index in [-0.39, 0.29) is 46.4 Å². The van der Waals surface area contributed by atoms with Gasteiger partial charge in [-0.2, -0.15) is 0 Å². The summed E-state index contributed by atoms with van der Waals surface area (Å²) in [6.45, 7) is 2.19. The van der Waals surface area contributed by atoms with Gasteiger partial charge in [-0.3, -0.25) is 10.1 Å². The first kappa shape index (κ1) is 24.2. The average molecular weight is 499 g/mol. The van der Waals surface area contributed by atoms with E-state index in [1.807, 2.05) is 25.1 Å². The van der Waals surface area contributed by atoms with Gasteiger partial charge in [-0.25, -0.2) is 9.59 Å². The zero-order valence-electron chi connectivity index (χ0n) is 20.3. The molecule has 0 saturated carbocycles. The Balaban J connectivity index is 1.40. The summed E-state index contributed by atoms with van der Waals surface area (Å²) in [5.41, 5.74) is 3.31. The number of carbonyl (C=O) groups excluding carboxylic acids is 2. The van der Waals surface area contributed by atoms with Crippen LogP contribution in [0, 0.1) is 16.0 Å². The number of non-ortho nitro benzene ring substituents is 1. The number of nitrogens with zero attached hydrogens (tertiary/aromatic N) is 1. The van der Waals surface area contributed by atoms with Gasteiger partial charge in [-0.1, -0.05) is 43.3 Å². The normalized spacial score (nSPS) is 19.3. The maximum Gasteiger partial charge on any atom is 0.343 e. The molecule has 0 radical (unpaired) electrons. The molecular formula is C29H26N2O6. The second kappa shape index (κ2) is 10.3. The van der Waals surface area contributed by atoms with Gasteiger partial charge in [0.2, 0.25) is 0 Å². The monoisotopic (exact) mass is 498 g/mol. The summed E-state index contributed by atoms with van der Waals surface area (Å²) >= 11 is 0. The summed E-state index contributed by atoms with van der Waals surface area (Å²) in [5, 5.41) is 14.8.